The number of benzene rings is 8. The summed E-state index contributed by atoms with van der Waals surface area (Å²) < 4.78 is 2.46. The van der Waals surface area contributed by atoms with E-state index in [1.807, 2.05) is 29.5 Å². The van der Waals surface area contributed by atoms with Crippen LogP contribution in [-0.4, -0.2) is 15.0 Å². The summed E-state index contributed by atoms with van der Waals surface area (Å²) in [5.41, 5.74) is 10.3. The van der Waals surface area contributed by atoms with Gasteiger partial charge in [-0.05, 0) is 98.1 Å². The molecule has 258 valence electrons. The Labute approximate surface area is 323 Å². The van der Waals surface area contributed by atoms with Crippen LogP contribution < -0.4 is 0 Å². The van der Waals surface area contributed by atoms with Gasteiger partial charge in [0.1, 0.15) is 0 Å². The molecule has 0 radical (unpaired) electrons. The summed E-state index contributed by atoms with van der Waals surface area (Å²) in [6, 6.07) is 58.5. The summed E-state index contributed by atoms with van der Waals surface area (Å²) in [6.45, 7) is 0. The van der Waals surface area contributed by atoms with Gasteiger partial charge in [-0.3, -0.25) is 0 Å². The Hall–Kier alpha value is -6.75. The van der Waals surface area contributed by atoms with E-state index in [-0.39, 0.29) is 0 Å². The van der Waals surface area contributed by atoms with Crippen molar-refractivity contribution in [2.75, 3.05) is 0 Å². The Morgan fingerprint density at radius 2 is 1.05 bits per heavy atom. The first kappa shape index (κ1) is 31.7. The normalized spacial score (nSPS) is 12.5. The quantitative estimate of drug-likeness (QED) is 0.166. The molecule has 0 saturated carbocycles. The molecule has 4 heteroatoms. The van der Waals surface area contributed by atoms with E-state index >= 15 is 0 Å². The number of rotatable bonds is 5. The largest absolute Gasteiger partial charge is 0.208 e. The van der Waals surface area contributed by atoms with Crippen LogP contribution in [0.15, 0.2) is 170 Å². The topological polar surface area (TPSA) is 38.7 Å². The number of thiophene rings is 1. The highest BCUT2D eigenvalue weighted by Gasteiger charge is 2.20. The Kier molecular flexibility index (Phi) is 7.49. The van der Waals surface area contributed by atoms with E-state index in [4.69, 9.17) is 15.0 Å². The van der Waals surface area contributed by atoms with Crippen molar-refractivity contribution in [1.29, 1.82) is 0 Å². The molecule has 11 rings (SSSR count). The van der Waals surface area contributed by atoms with E-state index in [0.717, 1.165) is 46.2 Å². The van der Waals surface area contributed by atoms with Crippen molar-refractivity contribution in [3.05, 3.63) is 181 Å². The van der Waals surface area contributed by atoms with E-state index in [1.165, 1.54) is 58.4 Å². The Bertz CT molecular complexity index is 3140. The van der Waals surface area contributed by atoms with Crippen LogP contribution in [-0.2, 0) is 6.42 Å². The smallest absolute Gasteiger partial charge is 0.164 e. The predicted octanol–water partition coefficient (Wildman–Crippen LogP) is 13.8. The fourth-order valence-electron chi connectivity index (χ4n) is 8.37. The average Bonchev–Trinajstić information content (AvgIpc) is 3.65. The molecule has 2 heterocycles. The van der Waals surface area contributed by atoms with Gasteiger partial charge in [0, 0.05) is 36.9 Å². The molecule has 0 fully saturated rings. The molecule has 8 aromatic carbocycles. The van der Waals surface area contributed by atoms with E-state index in [9.17, 15) is 0 Å². The van der Waals surface area contributed by atoms with Gasteiger partial charge in [0.25, 0.3) is 0 Å². The highest BCUT2D eigenvalue weighted by molar-refractivity contribution is 7.26. The summed E-state index contributed by atoms with van der Waals surface area (Å²) in [5.74, 6) is 1.96. The highest BCUT2D eigenvalue weighted by atomic mass is 32.1. The molecule has 0 N–H and O–H groups in total. The van der Waals surface area contributed by atoms with E-state index in [1.54, 1.807) is 0 Å². The van der Waals surface area contributed by atoms with Crippen LogP contribution in [0.25, 0.3) is 104 Å². The van der Waals surface area contributed by atoms with Gasteiger partial charge < -0.3 is 0 Å². The number of nitrogens with zero attached hydrogens (tertiary/aromatic N) is 3. The first-order valence-corrected chi connectivity index (χ1v) is 19.6. The van der Waals surface area contributed by atoms with E-state index in [0.29, 0.717) is 17.5 Å². The third-order valence-electron chi connectivity index (χ3n) is 11.0. The summed E-state index contributed by atoms with van der Waals surface area (Å²) in [6.07, 6.45) is 6.80. The second-order valence-corrected chi connectivity index (χ2v) is 15.3. The second kappa shape index (κ2) is 13.0. The van der Waals surface area contributed by atoms with Crippen molar-refractivity contribution in [1.82, 2.24) is 15.0 Å². The number of aryl methyl sites for hydroxylation is 1. The van der Waals surface area contributed by atoms with E-state index < -0.39 is 0 Å². The molecule has 0 amide bonds. The molecule has 10 aromatic rings. The van der Waals surface area contributed by atoms with Crippen molar-refractivity contribution in [2.45, 2.75) is 12.8 Å². The van der Waals surface area contributed by atoms with Crippen LogP contribution >= 0.6 is 11.3 Å². The van der Waals surface area contributed by atoms with Gasteiger partial charge >= 0.3 is 0 Å². The Morgan fingerprint density at radius 3 is 1.89 bits per heavy atom. The fourth-order valence-corrected chi connectivity index (χ4v) is 9.54. The van der Waals surface area contributed by atoms with Crippen LogP contribution in [0, 0.1) is 0 Å². The monoisotopic (exact) mass is 719 g/mol. The summed E-state index contributed by atoms with van der Waals surface area (Å²) in [4.78, 5) is 15.7. The number of aromatic nitrogens is 3. The van der Waals surface area contributed by atoms with Crippen LogP contribution in [0.5, 0.6) is 0 Å². The second-order valence-electron chi connectivity index (χ2n) is 14.3. The van der Waals surface area contributed by atoms with E-state index in [2.05, 4.69) is 158 Å². The Morgan fingerprint density at radius 1 is 0.400 bits per heavy atom. The van der Waals surface area contributed by atoms with Crippen LogP contribution in [0.2, 0.25) is 0 Å². The zero-order chi connectivity index (χ0) is 36.3. The van der Waals surface area contributed by atoms with Gasteiger partial charge in [-0.15, -0.1) is 11.3 Å². The summed E-state index contributed by atoms with van der Waals surface area (Å²) >= 11 is 1.81. The third kappa shape index (κ3) is 5.45. The molecule has 1 aliphatic rings. The molecule has 0 bridgehead atoms. The minimum atomic E-state index is 0.647. The lowest BCUT2D eigenvalue weighted by molar-refractivity contribution is 1.00. The van der Waals surface area contributed by atoms with Gasteiger partial charge in [-0.2, -0.15) is 0 Å². The molecule has 0 aliphatic heterocycles. The molecule has 3 nitrogen and oxygen atoms in total. The lowest BCUT2D eigenvalue weighted by Crippen LogP contribution is -2.01. The van der Waals surface area contributed by atoms with Crippen molar-refractivity contribution in [2.24, 2.45) is 0 Å². The van der Waals surface area contributed by atoms with Gasteiger partial charge in [0.2, 0.25) is 0 Å². The molecule has 0 saturated heterocycles. The van der Waals surface area contributed by atoms with Gasteiger partial charge in [-0.1, -0.05) is 146 Å². The van der Waals surface area contributed by atoms with Crippen molar-refractivity contribution < 1.29 is 0 Å². The zero-order valence-electron chi connectivity index (χ0n) is 29.9. The lowest BCUT2D eigenvalue weighted by atomic mass is 9.86. The van der Waals surface area contributed by atoms with Crippen molar-refractivity contribution in [3.8, 4) is 56.4 Å². The van der Waals surface area contributed by atoms with Crippen molar-refractivity contribution >= 4 is 59.1 Å². The molecular formula is C51H33N3S. The molecule has 1 aliphatic carbocycles. The molecule has 55 heavy (non-hydrogen) atoms. The molecule has 0 atom stereocenters. The maximum absolute atomic E-state index is 5.32. The standard InChI is InChI=1S/C51H33N3S/c1-3-14-32(15-4-1)37-30-45(48-43-24-11-12-25-46(43)55-47(48)31-37)51-53-49(33-16-5-2-6-17-33)52-50(54-51)36-19-13-18-34(28-36)35-26-27-42-40-22-8-7-20-38(40)39-21-9-10-23-41(39)44(42)29-35/h1-6,8-19,21-31H,7,20H2. The van der Waals surface area contributed by atoms with Gasteiger partial charge in [0.05, 0.1) is 0 Å². The minimum Gasteiger partial charge on any atom is -0.208 e. The first-order valence-electron chi connectivity index (χ1n) is 18.8. The maximum atomic E-state index is 5.32. The molecule has 0 spiro atoms. The average molecular weight is 720 g/mol. The summed E-state index contributed by atoms with van der Waals surface area (Å²) in [7, 11) is 0. The minimum absolute atomic E-state index is 0.647. The van der Waals surface area contributed by atoms with Crippen LogP contribution in [0.4, 0.5) is 0 Å². The molecule has 2 aromatic heterocycles. The predicted molar refractivity (Wildman–Crippen MR) is 232 cm³/mol. The number of hydrogen-bond acceptors (Lipinski definition) is 4. The molecular weight excluding hydrogens is 687 g/mol. The van der Waals surface area contributed by atoms with Crippen molar-refractivity contribution in [3.63, 3.8) is 0 Å². The fraction of sp³-hybridized carbons (Fsp3) is 0.0392. The SMILES string of the molecule is C1=Cc2c(c3ccccc3c3cc(-c4cccc(-c5nc(-c6ccccc6)nc(-c6cc(-c7ccccc7)cc7sc8ccccc8c67)n5)c4)ccc23)CC1. The maximum Gasteiger partial charge on any atom is 0.164 e. The first-order chi connectivity index (χ1) is 27.2. The number of hydrogen-bond donors (Lipinski definition) is 0. The van der Waals surface area contributed by atoms with Gasteiger partial charge in [0.15, 0.2) is 17.5 Å². The highest BCUT2D eigenvalue weighted by Crippen LogP contribution is 2.43. The third-order valence-corrected chi connectivity index (χ3v) is 12.1. The summed E-state index contributed by atoms with van der Waals surface area (Å²) in [5, 5.41) is 7.64. The van der Waals surface area contributed by atoms with Crippen LogP contribution in [0.3, 0.4) is 0 Å². The lowest BCUT2D eigenvalue weighted by Gasteiger charge is -2.18. The molecule has 0 unspecified atom stereocenters. The van der Waals surface area contributed by atoms with Gasteiger partial charge in [-0.25, -0.2) is 15.0 Å². The number of fused-ring (bicyclic) bond motifs is 9. The Balaban J connectivity index is 1.11. The van der Waals surface area contributed by atoms with Crippen LogP contribution in [0.1, 0.15) is 17.5 Å². The zero-order valence-corrected chi connectivity index (χ0v) is 30.7. The number of allylic oxidation sites excluding steroid dienone is 1.